The quantitative estimate of drug-likeness (QED) is 0.869. The molecule has 2 heterocycles. The van der Waals surface area contributed by atoms with E-state index in [0.29, 0.717) is 6.04 Å². The molecule has 1 fully saturated rings. The van der Waals surface area contributed by atoms with E-state index < -0.39 is 0 Å². The average Bonchev–Trinajstić information content (AvgIpc) is 2.87. The number of anilines is 1. The lowest BCUT2D eigenvalue weighted by molar-refractivity contribution is 0.234. The molecular formula is C16H21N3O. The first-order chi connectivity index (χ1) is 9.75. The molecule has 2 N–H and O–H groups in total. The van der Waals surface area contributed by atoms with Gasteiger partial charge in [-0.25, -0.2) is 0 Å². The minimum Gasteiger partial charge on any atom is -0.491 e. The number of nitrogens with zero attached hydrogens (tertiary/aromatic N) is 2. The molecule has 1 aromatic carbocycles. The first-order valence-corrected chi connectivity index (χ1v) is 7.22. The van der Waals surface area contributed by atoms with Crippen molar-refractivity contribution >= 4 is 16.6 Å². The Bertz CT molecular complexity index is 599. The predicted octanol–water partition coefficient (Wildman–Crippen LogP) is 2.68. The molecule has 0 bridgehead atoms. The van der Waals surface area contributed by atoms with Gasteiger partial charge in [0.1, 0.15) is 11.3 Å². The number of pyridine rings is 1. The van der Waals surface area contributed by atoms with Crippen molar-refractivity contribution in [3.8, 4) is 5.75 Å². The van der Waals surface area contributed by atoms with Crippen molar-refractivity contribution in [2.24, 2.45) is 0 Å². The van der Waals surface area contributed by atoms with E-state index in [4.69, 9.17) is 10.5 Å². The fourth-order valence-corrected chi connectivity index (χ4v) is 2.93. The van der Waals surface area contributed by atoms with Gasteiger partial charge >= 0.3 is 0 Å². The third-order valence-electron chi connectivity index (χ3n) is 4.15. The van der Waals surface area contributed by atoms with Crippen LogP contribution in [0.2, 0.25) is 0 Å². The van der Waals surface area contributed by atoms with Crippen LogP contribution in [0, 0.1) is 0 Å². The highest BCUT2D eigenvalue weighted by Gasteiger charge is 2.20. The van der Waals surface area contributed by atoms with Gasteiger partial charge in [-0.1, -0.05) is 0 Å². The van der Waals surface area contributed by atoms with Crippen molar-refractivity contribution in [3.63, 3.8) is 0 Å². The zero-order chi connectivity index (χ0) is 13.9. The topological polar surface area (TPSA) is 51.4 Å². The predicted molar refractivity (Wildman–Crippen MR) is 81.9 cm³/mol. The highest BCUT2D eigenvalue weighted by Crippen LogP contribution is 2.28. The van der Waals surface area contributed by atoms with Crippen LogP contribution < -0.4 is 10.5 Å². The van der Waals surface area contributed by atoms with Crippen LogP contribution in [0.3, 0.4) is 0 Å². The number of fused-ring (bicyclic) bond motifs is 1. The lowest BCUT2D eigenvalue weighted by atomic mass is 10.1. The molecule has 1 aliphatic heterocycles. The van der Waals surface area contributed by atoms with Gasteiger partial charge in [0.2, 0.25) is 0 Å². The van der Waals surface area contributed by atoms with Gasteiger partial charge in [0, 0.05) is 23.3 Å². The summed E-state index contributed by atoms with van der Waals surface area (Å²) in [6.45, 7) is 1.93. The van der Waals surface area contributed by atoms with E-state index in [9.17, 15) is 0 Å². The second-order valence-corrected chi connectivity index (χ2v) is 5.47. The smallest absolute Gasteiger partial charge is 0.145 e. The van der Waals surface area contributed by atoms with Crippen molar-refractivity contribution in [2.45, 2.75) is 25.3 Å². The largest absolute Gasteiger partial charge is 0.491 e. The van der Waals surface area contributed by atoms with Gasteiger partial charge in [0.15, 0.2) is 0 Å². The molecule has 4 nitrogen and oxygen atoms in total. The lowest BCUT2D eigenvalue weighted by Gasteiger charge is -2.19. The van der Waals surface area contributed by atoms with Gasteiger partial charge in [0.05, 0.1) is 6.61 Å². The number of benzene rings is 1. The molecule has 0 aliphatic carbocycles. The van der Waals surface area contributed by atoms with Crippen LogP contribution in [0.4, 0.5) is 5.69 Å². The summed E-state index contributed by atoms with van der Waals surface area (Å²) >= 11 is 0. The molecule has 2 aromatic rings. The Labute approximate surface area is 119 Å². The molecule has 1 aliphatic rings. The van der Waals surface area contributed by atoms with Crippen LogP contribution in [0.5, 0.6) is 5.75 Å². The van der Waals surface area contributed by atoms with Crippen LogP contribution in [0.15, 0.2) is 30.5 Å². The normalized spacial score (nSPS) is 19.6. The van der Waals surface area contributed by atoms with Crippen molar-refractivity contribution in [2.75, 3.05) is 25.9 Å². The number of hydrogen-bond acceptors (Lipinski definition) is 4. The van der Waals surface area contributed by atoms with Gasteiger partial charge in [-0.3, -0.25) is 4.98 Å². The summed E-state index contributed by atoms with van der Waals surface area (Å²) in [6.07, 6.45) is 5.42. The molecule has 0 spiro atoms. The SMILES string of the molecule is CN1CCCC1CCOc1ccc(N)c2cccnc12. The maximum absolute atomic E-state index is 5.97. The van der Waals surface area contributed by atoms with Crippen molar-refractivity contribution in [1.82, 2.24) is 9.88 Å². The first kappa shape index (κ1) is 13.2. The molecular weight excluding hydrogens is 250 g/mol. The number of hydrogen-bond donors (Lipinski definition) is 1. The summed E-state index contributed by atoms with van der Waals surface area (Å²) in [5.74, 6) is 0.829. The molecule has 1 aromatic heterocycles. The van der Waals surface area contributed by atoms with E-state index in [1.54, 1.807) is 6.20 Å². The third-order valence-corrected chi connectivity index (χ3v) is 4.15. The molecule has 1 atom stereocenters. The van der Waals surface area contributed by atoms with Crippen molar-refractivity contribution < 1.29 is 4.74 Å². The van der Waals surface area contributed by atoms with E-state index >= 15 is 0 Å². The minimum atomic E-state index is 0.656. The maximum atomic E-state index is 5.97. The van der Waals surface area contributed by atoms with Gasteiger partial charge in [0.25, 0.3) is 0 Å². The molecule has 3 rings (SSSR count). The van der Waals surface area contributed by atoms with E-state index in [2.05, 4.69) is 16.9 Å². The van der Waals surface area contributed by atoms with Crippen LogP contribution in [0.25, 0.3) is 10.9 Å². The number of nitrogens with two attached hydrogens (primary N) is 1. The Morgan fingerprint density at radius 3 is 3.10 bits per heavy atom. The van der Waals surface area contributed by atoms with E-state index in [-0.39, 0.29) is 0 Å². The number of likely N-dealkylation sites (tertiary alicyclic amines) is 1. The fraction of sp³-hybridized carbons (Fsp3) is 0.438. The van der Waals surface area contributed by atoms with E-state index in [1.165, 1.54) is 19.4 Å². The number of nitrogen functional groups attached to an aromatic ring is 1. The highest BCUT2D eigenvalue weighted by atomic mass is 16.5. The Kier molecular flexibility index (Phi) is 3.74. The van der Waals surface area contributed by atoms with Gasteiger partial charge in [-0.15, -0.1) is 0 Å². The monoisotopic (exact) mass is 271 g/mol. The summed E-state index contributed by atoms with van der Waals surface area (Å²) in [7, 11) is 2.19. The molecule has 106 valence electrons. The maximum Gasteiger partial charge on any atom is 0.145 e. The Morgan fingerprint density at radius 2 is 2.30 bits per heavy atom. The van der Waals surface area contributed by atoms with Gasteiger partial charge in [-0.05, 0) is 57.1 Å². The van der Waals surface area contributed by atoms with Crippen LogP contribution in [-0.4, -0.2) is 36.1 Å². The standard InChI is InChI=1S/C16H21N3O/c1-19-10-3-4-12(19)8-11-20-15-7-6-14(17)13-5-2-9-18-16(13)15/h2,5-7,9,12H,3-4,8,10-11,17H2,1H3. The summed E-state index contributed by atoms with van der Waals surface area (Å²) in [5, 5.41) is 0.961. The second kappa shape index (κ2) is 5.67. The fourth-order valence-electron chi connectivity index (χ4n) is 2.93. The van der Waals surface area contributed by atoms with Gasteiger partial charge < -0.3 is 15.4 Å². The third kappa shape index (κ3) is 2.56. The summed E-state index contributed by atoms with van der Waals surface area (Å²) in [4.78, 5) is 6.81. The lowest BCUT2D eigenvalue weighted by Crippen LogP contribution is -2.26. The van der Waals surface area contributed by atoms with Crippen LogP contribution in [0.1, 0.15) is 19.3 Å². The Hall–Kier alpha value is -1.81. The van der Waals surface area contributed by atoms with E-state index in [1.807, 2.05) is 24.3 Å². The van der Waals surface area contributed by atoms with Crippen molar-refractivity contribution in [3.05, 3.63) is 30.5 Å². The van der Waals surface area contributed by atoms with Crippen molar-refractivity contribution in [1.29, 1.82) is 0 Å². The summed E-state index contributed by atoms with van der Waals surface area (Å²) in [6, 6.07) is 8.35. The molecule has 4 heteroatoms. The van der Waals surface area contributed by atoms with Crippen LogP contribution in [-0.2, 0) is 0 Å². The second-order valence-electron chi connectivity index (χ2n) is 5.47. The zero-order valence-corrected chi connectivity index (χ0v) is 11.9. The minimum absolute atomic E-state index is 0.656. The molecule has 1 unspecified atom stereocenters. The summed E-state index contributed by atoms with van der Waals surface area (Å²) in [5.41, 5.74) is 7.57. The first-order valence-electron chi connectivity index (χ1n) is 7.22. The molecule has 0 saturated carbocycles. The molecule has 20 heavy (non-hydrogen) atoms. The van der Waals surface area contributed by atoms with Gasteiger partial charge in [-0.2, -0.15) is 0 Å². The molecule has 1 saturated heterocycles. The molecule has 0 radical (unpaired) electrons. The number of ether oxygens (including phenoxy) is 1. The average molecular weight is 271 g/mol. The Morgan fingerprint density at radius 1 is 1.40 bits per heavy atom. The highest BCUT2D eigenvalue weighted by molar-refractivity contribution is 5.94. The Balaban J connectivity index is 1.70. The van der Waals surface area contributed by atoms with E-state index in [0.717, 1.165) is 35.4 Å². The molecule has 0 amide bonds. The number of aromatic nitrogens is 1. The number of rotatable bonds is 4. The summed E-state index contributed by atoms with van der Waals surface area (Å²) < 4.78 is 5.94. The zero-order valence-electron chi connectivity index (χ0n) is 11.9. The van der Waals surface area contributed by atoms with Crippen LogP contribution >= 0.6 is 0 Å².